The summed E-state index contributed by atoms with van der Waals surface area (Å²) in [4.78, 5) is 0. The van der Waals surface area contributed by atoms with Gasteiger partial charge in [0.2, 0.25) is 0 Å². The van der Waals surface area contributed by atoms with E-state index in [4.69, 9.17) is 0 Å². The molecule has 0 aliphatic carbocycles. The molecule has 0 N–H and O–H groups in total. The van der Waals surface area contributed by atoms with Crippen LogP contribution in [0.25, 0.3) is 11.1 Å². The molecule has 0 atom stereocenters. The molecule has 2 rings (SSSR count). The molecule has 0 unspecified atom stereocenters. The van der Waals surface area contributed by atoms with Gasteiger partial charge in [-0.05, 0) is 24.1 Å². The van der Waals surface area contributed by atoms with E-state index in [0.717, 1.165) is 0 Å². The first-order valence-electron chi connectivity index (χ1n) is 4.78. The Labute approximate surface area is 84.6 Å². The lowest BCUT2D eigenvalue weighted by atomic mass is 10.0. The predicted octanol–water partition coefficient (Wildman–Crippen LogP) is 2.49. The molecule has 0 amide bonds. The molecule has 1 heterocycles. The molecular formula is C13H14N+. The standard InChI is InChI=1S/C13H14N/c1-11-6-3-4-8-13(11)12-7-5-9-14(2)10-12/h3-10H,1-2H3/q+1. The summed E-state index contributed by atoms with van der Waals surface area (Å²) in [6.07, 6.45) is 4.18. The zero-order valence-electron chi connectivity index (χ0n) is 8.57. The van der Waals surface area contributed by atoms with Gasteiger partial charge in [-0.1, -0.05) is 24.3 Å². The first-order valence-corrected chi connectivity index (χ1v) is 4.78. The SMILES string of the molecule is Cc1ccccc1-c1ccc[n+](C)c1. The van der Waals surface area contributed by atoms with Gasteiger partial charge < -0.3 is 0 Å². The number of hydrogen-bond acceptors (Lipinski definition) is 0. The van der Waals surface area contributed by atoms with Crippen LogP contribution >= 0.6 is 0 Å². The fourth-order valence-corrected chi connectivity index (χ4v) is 1.64. The van der Waals surface area contributed by atoms with Crippen LogP contribution in [0.1, 0.15) is 5.56 Å². The Hall–Kier alpha value is -1.63. The summed E-state index contributed by atoms with van der Waals surface area (Å²) >= 11 is 0. The monoisotopic (exact) mass is 184 g/mol. The highest BCUT2D eigenvalue weighted by molar-refractivity contribution is 5.65. The van der Waals surface area contributed by atoms with E-state index in [-0.39, 0.29) is 0 Å². The number of aromatic nitrogens is 1. The number of nitrogens with zero attached hydrogens (tertiary/aromatic N) is 1. The van der Waals surface area contributed by atoms with Gasteiger partial charge in [-0.25, -0.2) is 4.57 Å². The molecule has 0 aliphatic heterocycles. The van der Waals surface area contributed by atoms with Crippen LogP contribution in [0.2, 0.25) is 0 Å². The molecule has 0 spiro atoms. The Balaban J connectivity index is 2.55. The van der Waals surface area contributed by atoms with Gasteiger partial charge in [-0.15, -0.1) is 0 Å². The van der Waals surface area contributed by atoms with E-state index in [1.54, 1.807) is 0 Å². The Morgan fingerprint density at radius 3 is 2.50 bits per heavy atom. The van der Waals surface area contributed by atoms with Crippen molar-refractivity contribution in [2.24, 2.45) is 7.05 Å². The molecule has 0 radical (unpaired) electrons. The fourth-order valence-electron chi connectivity index (χ4n) is 1.64. The van der Waals surface area contributed by atoms with Gasteiger partial charge in [0.05, 0.1) is 0 Å². The van der Waals surface area contributed by atoms with Gasteiger partial charge in [0.15, 0.2) is 12.4 Å². The van der Waals surface area contributed by atoms with E-state index in [1.807, 2.05) is 13.2 Å². The molecule has 0 bridgehead atoms. The second kappa shape index (κ2) is 3.62. The lowest BCUT2D eigenvalue weighted by Crippen LogP contribution is -2.26. The lowest BCUT2D eigenvalue weighted by molar-refractivity contribution is -0.671. The van der Waals surface area contributed by atoms with E-state index < -0.39 is 0 Å². The summed E-state index contributed by atoms with van der Waals surface area (Å²) in [5, 5.41) is 0. The summed E-state index contributed by atoms with van der Waals surface area (Å²) in [6, 6.07) is 12.7. The molecule has 70 valence electrons. The Kier molecular flexibility index (Phi) is 2.32. The second-order valence-corrected chi connectivity index (χ2v) is 3.57. The van der Waals surface area contributed by atoms with Gasteiger partial charge in [0.1, 0.15) is 7.05 Å². The third kappa shape index (κ3) is 1.67. The van der Waals surface area contributed by atoms with Crippen molar-refractivity contribution < 1.29 is 4.57 Å². The van der Waals surface area contributed by atoms with Crippen LogP contribution in [0.15, 0.2) is 48.8 Å². The van der Waals surface area contributed by atoms with Crippen LogP contribution in [0.5, 0.6) is 0 Å². The maximum Gasteiger partial charge on any atom is 0.176 e. The minimum atomic E-state index is 1.27. The first kappa shape index (κ1) is 8.95. The number of aryl methyl sites for hydroxylation is 2. The molecule has 1 aromatic heterocycles. The van der Waals surface area contributed by atoms with Gasteiger partial charge in [-0.3, -0.25) is 0 Å². The number of benzene rings is 1. The summed E-state index contributed by atoms with van der Waals surface area (Å²) in [7, 11) is 2.04. The third-order valence-electron chi connectivity index (χ3n) is 2.40. The van der Waals surface area contributed by atoms with Crippen molar-refractivity contribution >= 4 is 0 Å². The van der Waals surface area contributed by atoms with Gasteiger partial charge in [-0.2, -0.15) is 0 Å². The third-order valence-corrected chi connectivity index (χ3v) is 2.40. The Morgan fingerprint density at radius 1 is 1.00 bits per heavy atom. The van der Waals surface area contributed by atoms with Crippen molar-refractivity contribution in [2.75, 3.05) is 0 Å². The minimum Gasteiger partial charge on any atom is -0.207 e. The summed E-state index contributed by atoms with van der Waals surface area (Å²) < 4.78 is 2.07. The van der Waals surface area contributed by atoms with E-state index in [0.29, 0.717) is 0 Å². The van der Waals surface area contributed by atoms with Gasteiger partial charge in [0, 0.05) is 11.6 Å². The molecule has 2 aromatic rings. The van der Waals surface area contributed by atoms with E-state index in [1.165, 1.54) is 16.7 Å². The predicted molar refractivity (Wildman–Crippen MR) is 57.8 cm³/mol. The molecule has 1 heteroatoms. The minimum absolute atomic E-state index is 1.27. The number of pyridine rings is 1. The van der Waals surface area contributed by atoms with Crippen molar-refractivity contribution in [3.63, 3.8) is 0 Å². The fraction of sp³-hybridized carbons (Fsp3) is 0.154. The number of rotatable bonds is 1. The van der Waals surface area contributed by atoms with Crippen LogP contribution in [0, 0.1) is 6.92 Å². The van der Waals surface area contributed by atoms with Gasteiger partial charge >= 0.3 is 0 Å². The highest BCUT2D eigenvalue weighted by Gasteiger charge is 2.03. The maximum absolute atomic E-state index is 2.16. The second-order valence-electron chi connectivity index (χ2n) is 3.57. The van der Waals surface area contributed by atoms with Crippen LogP contribution in [0.3, 0.4) is 0 Å². The van der Waals surface area contributed by atoms with Crippen molar-refractivity contribution in [3.05, 3.63) is 54.4 Å². The Bertz CT molecular complexity index is 446. The average Bonchev–Trinajstić information content (AvgIpc) is 2.18. The van der Waals surface area contributed by atoms with E-state index in [2.05, 4.69) is 54.1 Å². The summed E-state index contributed by atoms with van der Waals surface area (Å²) in [6.45, 7) is 2.14. The maximum atomic E-state index is 2.16. The Morgan fingerprint density at radius 2 is 1.79 bits per heavy atom. The summed E-state index contributed by atoms with van der Waals surface area (Å²) in [5.41, 5.74) is 3.90. The largest absolute Gasteiger partial charge is 0.207 e. The van der Waals surface area contributed by atoms with E-state index >= 15 is 0 Å². The average molecular weight is 184 g/mol. The molecule has 1 aromatic carbocycles. The molecular weight excluding hydrogens is 170 g/mol. The first-order chi connectivity index (χ1) is 6.77. The quantitative estimate of drug-likeness (QED) is 0.599. The highest BCUT2D eigenvalue weighted by Crippen LogP contribution is 2.20. The van der Waals surface area contributed by atoms with Crippen LogP contribution < -0.4 is 4.57 Å². The normalized spacial score (nSPS) is 10.1. The lowest BCUT2D eigenvalue weighted by Gasteiger charge is -2.03. The zero-order chi connectivity index (χ0) is 9.97. The van der Waals surface area contributed by atoms with Crippen LogP contribution in [-0.2, 0) is 7.05 Å². The van der Waals surface area contributed by atoms with E-state index in [9.17, 15) is 0 Å². The van der Waals surface area contributed by atoms with Crippen molar-refractivity contribution in [1.82, 2.24) is 0 Å². The highest BCUT2D eigenvalue weighted by atomic mass is 14.9. The topological polar surface area (TPSA) is 3.88 Å². The van der Waals surface area contributed by atoms with Crippen molar-refractivity contribution in [3.8, 4) is 11.1 Å². The molecule has 0 aliphatic rings. The molecule has 0 fully saturated rings. The van der Waals surface area contributed by atoms with Gasteiger partial charge in [0.25, 0.3) is 0 Å². The zero-order valence-corrected chi connectivity index (χ0v) is 8.57. The van der Waals surface area contributed by atoms with Crippen molar-refractivity contribution in [1.29, 1.82) is 0 Å². The van der Waals surface area contributed by atoms with Crippen LogP contribution in [0.4, 0.5) is 0 Å². The molecule has 0 saturated carbocycles. The summed E-state index contributed by atoms with van der Waals surface area (Å²) in [5.74, 6) is 0. The van der Waals surface area contributed by atoms with Crippen LogP contribution in [-0.4, -0.2) is 0 Å². The number of hydrogen-bond donors (Lipinski definition) is 0. The molecule has 1 nitrogen and oxygen atoms in total. The smallest absolute Gasteiger partial charge is 0.176 e. The van der Waals surface area contributed by atoms with Crippen molar-refractivity contribution in [2.45, 2.75) is 6.92 Å². The molecule has 14 heavy (non-hydrogen) atoms. The molecule has 0 saturated heterocycles.